The molecule has 0 fully saturated rings. The van der Waals surface area contributed by atoms with Crippen molar-refractivity contribution in [2.75, 3.05) is 30.8 Å². The molecule has 2 rings (SSSR count). The summed E-state index contributed by atoms with van der Waals surface area (Å²) < 4.78 is 42.2. The molecule has 0 radical (unpaired) electrons. The van der Waals surface area contributed by atoms with Crippen LogP contribution in [0.2, 0.25) is 0 Å². The van der Waals surface area contributed by atoms with Crippen molar-refractivity contribution in [3.05, 3.63) is 53.1 Å². The second-order valence-electron chi connectivity index (χ2n) is 7.44. The lowest BCUT2D eigenvalue weighted by Crippen LogP contribution is -2.29. The minimum atomic E-state index is -4.39. The fourth-order valence-corrected chi connectivity index (χ4v) is 3.17. The van der Waals surface area contributed by atoms with Gasteiger partial charge in [-0.15, -0.1) is 0 Å². The van der Waals surface area contributed by atoms with Gasteiger partial charge in [-0.1, -0.05) is 12.1 Å². The van der Waals surface area contributed by atoms with Gasteiger partial charge in [-0.05, 0) is 61.9 Å². The lowest BCUT2D eigenvalue weighted by molar-refractivity contribution is -0.153. The molecule has 0 spiro atoms. The number of ether oxygens (including phenoxy) is 1. The molecule has 2 N–H and O–H groups in total. The zero-order valence-electron chi connectivity index (χ0n) is 17.9. The third kappa shape index (κ3) is 8.29. The summed E-state index contributed by atoms with van der Waals surface area (Å²) >= 11 is 0. The highest BCUT2D eigenvalue weighted by Crippen LogP contribution is 2.27. The number of likely N-dealkylation sites (N-methyl/N-ethyl adjacent to an activating group) is 1. The number of hydrogen-bond donors (Lipinski definition) is 2. The lowest BCUT2D eigenvalue weighted by Gasteiger charge is -2.19. The van der Waals surface area contributed by atoms with E-state index in [1.807, 2.05) is 0 Å². The Labute approximate surface area is 179 Å². The Hall–Kier alpha value is -3.07. The molecule has 0 unspecified atom stereocenters. The van der Waals surface area contributed by atoms with E-state index in [9.17, 15) is 22.8 Å². The van der Waals surface area contributed by atoms with Crippen molar-refractivity contribution >= 4 is 23.2 Å². The van der Waals surface area contributed by atoms with E-state index in [-0.39, 0.29) is 24.1 Å². The highest BCUT2D eigenvalue weighted by atomic mass is 19.4. The van der Waals surface area contributed by atoms with Crippen LogP contribution in [0.5, 0.6) is 5.75 Å². The van der Waals surface area contributed by atoms with Gasteiger partial charge >= 0.3 is 6.18 Å². The molecular weight excluding hydrogens is 411 g/mol. The summed E-state index contributed by atoms with van der Waals surface area (Å²) in [6.07, 6.45) is -4.39. The first-order chi connectivity index (χ1) is 14.4. The molecule has 2 amide bonds. The Bertz CT molecular complexity index is 905. The van der Waals surface area contributed by atoms with Crippen molar-refractivity contribution < 1.29 is 27.5 Å². The largest absolute Gasteiger partial charge is 0.484 e. The number of hydrogen-bond acceptors (Lipinski definition) is 4. The summed E-state index contributed by atoms with van der Waals surface area (Å²) in [5.74, 6) is -0.165. The predicted molar refractivity (Wildman–Crippen MR) is 113 cm³/mol. The van der Waals surface area contributed by atoms with Gasteiger partial charge < -0.3 is 15.4 Å². The number of amides is 2. The van der Waals surface area contributed by atoms with Gasteiger partial charge in [0.05, 0.1) is 6.54 Å². The van der Waals surface area contributed by atoms with E-state index in [1.165, 1.54) is 6.92 Å². The Kier molecular flexibility index (Phi) is 8.04. The van der Waals surface area contributed by atoms with Gasteiger partial charge in [-0.25, -0.2) is 0 Å². The SMILES string of the molecule is CC(=O)Nc1ccc(NC(=O)CN(C)Cc2cc(C)c(OCC(F)(F)F)c(C)c2)cc1. The van der Waals surface area contributed by atoms with Crippen LogP contribution in [-0.2, 0) is 16.1 Å². The normalized spacial score (nSPS) is 11.4. The predicted octanol–water partition coefficient (Wildman–Crippen LogP) is 4.27. The van der Waals surface area contributed by atoms with Crippen molar-refractivity contribution in [1.82, 2.24) is 4.90 Å². The van der Waals surface area contributed by atoms with E-state index in [0.717, 1.165) is 5.56 Å². The number of benzene rings is 2. The number of anilines is 2. The summed E-state index contributed by atoms with van der Waals surface area (Å²) in [5.41, 5.74) is 3.32. The minimum Gasteiger partial charge on any atom is -0.484 e. The van der Waals surface area contributed by atoms with E-state index >= 15 is 0 Å². The molecule has 6 nitrogen and oxygen atoms in total. The quantitative estimate of drug-likeness (QED) is 0.647. The minimum absolute atomic E-state index is 0.123. The second-order valence-corrected chi connectivity index (χ2v) is 7.44. The van der Waals surface area contributed by atoms with E-state index in [0.29, 0.717) is 29.0 Å². The van der Waals surface area contributed by atoms with Gasteiger partial charge in [0, 0.05) is 24.8 Å². The Morgan fingerprint density at radius 2 is 1.52 bits per heavy atom. The summed E-state index contributed by atoms with van der Waals surface area (Å²) in [6.45, 7) is 4.03. The van der Waals surface area contributed by atoms with Crippen molar-refractivity contribution in [3.63, 3.8) is 0 Å². The maximum absolute atomic E-state index is 12.4. The van der Waals surface area contributed by atoms with Crippen LogP contribution in [0.25, 0.3) is 0 Å². The monoisotopic (exact) mass is 437 g/mol. The number of carbonyl (C=O) groups excluding carboxylic acids is 2. The van der Waals surface area contributed by atoms with Gasteiger partial charge in [0.2, 0.25) is 11.8 Å². The maximum atomic E-state index is 12.4. The van der Waals surface area contributed by atoms with Gasteiger partial charge in [0.1, 0.15) is 5.75 Å². The molecule has 0 aromatic heterocycles. The molecule has 9 heteroatoms. The fraction of sp³-hybridized carbons (Fsp3) is 0.364. The van der Waals surface area contributed by atoms with E-state index in [1.54, 1.807) is 62.2 Å². The molecule has 0 aliphatic rings. The molecule has 0 aliphatic heterocycles. The first kappa shape index (κ1) is 24.2. The standard InChI is InChI=1S/C22H26F3N3O3/c1-14-9-17(10-15(2)21(14)31-13-22(23,24)25)11-28(4)12-20(30)27-19-7-5-18(6-8-19)26-16(3)29/h5-10H,11-13H2,1-4H3,(H,26,29)(H,27,30). The van der Waals surface area contributed by atoms with Crippen molar-refractivity contribution in [1.29, 1.82) is 0 Å². The molecule has 2 aromatic carbocycles. The molecule has 0 saturated heterocycles. The van der Waals surface area contributed by atoms with E-state index in [4.69, 9.17) is 4.74 Å². The number of carbonyl (C=O) groups is 2. The summed E-state index contributed by atoms with van der Waals surface area (Å²) in [4.78, 5) is 25.1. The van der Waals surface area contributed by atoms with Gasteiger partial charge in [0.15, 0.2) is 6.61 Å². The topological polar surface area (TPSA) is 70.7 Å². The van der Waals surface area contributed by atoms with Gasteiger partial charge in [-0.2, -0.15) is 13.2 Å². The molecule has 0 atom stereocenters. The smallest absolute Gasteiger partial charge is 0.422 e. The van der Waals surface area contributed by atoms with Gasteiger partial charge in [0.25, 0.3) is 0 Å². The Morgan fingerprint density at radius 1 is 1.00 bits per heavy atom. The van der Waals surface area contributed by atoms with Crippen molar-refractivity contribution in [2.24, 2.45) is 0 Å². The Morgan fingerprint density at radius 3 is 2.00 bits per heavy atom. The highest BCUT2D eigenvalue weighted by Gasteiger charge is 2.29. The van der Waals surface area contributed by atoms with Crippen LogP contribution in [0.4, 0.5) is 24.5 Å². The van der Waals surface area contributed by atoms with Crippen LogP contribution in [0.3, 0.4) is 0 Å². The highest BCUT2D eigenvalue weighted by molar-refractivity contribution is 5.93. The molecular formula is C22H26F3N3O3. The number of aryl methyl sites for hydroxylation is 2. The average molecular weight is 437 g/mol. The molecule has 31 heavy (non-hydrogen) atoms. The average Bonchev–Trinajstić information content (AvgIpc) is 2.61. The molecule has 2 aromatic rings. The number of nitrogens with one attached hydrogen (secondary N) is 2. The zero-order valence-corrected chi connectivity index (χ0v) is 17.9. The van der Waals surface area contributed by atoms with Crippen LogP contribution < -0.4 is 15.4 Å². The molecule has 0 bridgehead atoms. The zero-order chi connectivity index (χ0) is 23.2. The maximum Gasteiger partial charge on any atom is 0.422 e. The molecule has 0 saturated carbocycles. The number of nitrogens with zero attached hydrogens (tertiary/aromatic N) is 1. The third-order valence-electron chi connectivity index (χ3n) is 4.26. The molecule has 0 aliphatic carbocycles. The van der Waals surface area contributed by atoms with Crippen LogP contribution >= 0.6 is 0 Å². The first-order valence-electron chi connectivity index (χ1n) is 9.58. The number of rotatable bonds is 8. The lowest BCUT2D eigenvalue weighted by atomic mass is 10.1. The summed E-state index contributed by atoms with van der Waals surface area (Å²) in [6, 6.07) is 10.3. The fourth-order valence-electron chi connectivity index (χ4n) is 3.17. The summed E-state index contributed by atoms with van der Waals surface area (Å²) in [5, 5.41) is 5.43. The number of halogens is 3. The van der Waals surface area contributed by atoms with Crippen LogP contribution in [-0.4, -0.2) is 43.1 Å². The number of alkyl halides is 3. The van der Waals surface area contributed by atoms with Crippen molar-refractivity contribution in [2.45, 2.75) is 33.5 Å². The van der Waals surface area contributed by atoms with E-state index in [2.05, 4.69) is 10.6 Å². The van der Waals surface area contributed by atoms with Gasteiger partial charge in [-0.3, -0.25) is 14.5 Å². The molecule has 168 valence electrons. The Balaban J connectivity index is 1.92. The van der Waals surface area contributed by atoms with E-state index < -0.39 is 12.8 Å². The summed E-state index contributed by atoms with van der Waals surface area (Å²) in [7, 11) is 1.78. The molecule has 0 heterocycles. The van der Waals surface area contributed by atoms with Crippen molar-refractivity contribution in [3.8, 4) is 5.75 Å². The second kappa shape index (κ2) is 10.3. The van der Waals surface area contributed by atoms with Crippen LogP contribution in [0, 0.1) is 13.8 Å². The van der Waals surface area contributed by atoms with Crippen LogP contribution in [0.1, 0.15) is 23.6 Å². The first-order valence-corrected chi connectivity index (χ1v) is 9.58. The third-order valence-corrected chi connectivity index (χ3v) is 4.26. The van der Waals surface area contributed by atoms with Crippen LogP contribution in [0.15, 0.2) is 36.4 Å².